The molecule has 88 valence electrons. The Bertz CT molecular complexity index is 699. The quantitative estimate of drug-likeness (QED) is 0.616. The molecule has 0 unspecified atom stereocenters. The molecule has 0 aliphatic heterocycles. The summed E-state index contributed by atoms with van der Waals surface area (Å²) in [5.41, 5.74) is 2.02. The SMILES string of the molecule is Fc1cccc(Cl)c1-c1cccc2ncccc12. The number of halogens is 2. The maximum atomic E-state index is 14.0. The van der Waals surface area contributed by atoms with E-state index >= 15 is 0 Å². The van der Waals surface area contributed by atoms with Gasteiger partial charge in [-0.05, 0) is 29.8 Å². The molecule has 2 aromatic carbocycles. The lowest BCUT2D eigenvalue weighted by atomic mass is 10.00. The Balaban J connectivity index is 2.39. The number of hydrogen-bond donors (Lipinski definition) is 0. The van der Waals surface area contributed by atoms with Crippen LogP contribution in [-0.4, -0.2) is 4.98 Å². The third kappa shape index (κ3) is 1.75. The van der Waals surface area contributed by atoms with E-state index in [1.807, 2.05) is 30.3 Å². The number of pyridine rings is 1. The Labute approximate surface area is 109 Å². The molecule has 18 heavy (non-hydrogen) atoms. The molecular weight excluding hydrogens is 249 g/mol. The van der Waals surface area contributed by atoms with Crippen LogP contribution in [0.5, 0.6) is 0 Å². The normalized spacial score (nSPS) is 10.8. The van der Waals surface area contributed by atoms with Crippen LogP contribution in [0.25, 0.3) is 22.0 Å². The molecule has 3 rings (SSSR count). The van der Waals surface area contributed by atoms with E-state index in [0.29, 0.717) is 10.6 Å². The number of hydrogen-bond acceptors (Lipinski definition) is 1. The van der Waals surface area contributed by atoms with Crippen LogP contribution in [0.15, 0.2) is 54.7 Å². The van der Waals surface area contributed by atoms with Crippen LogP contribution < -0.4 is 0 Å². The number of aromatic nitrogens is 1. The van der Waals surface area contributed by atoms with Gasteiger partial charge in [-0.15, -0.1) is 0 Å². The third-order valence-corrected chi connectivity index (χ3v) is 3.19. The minimum absolute atomic E-state index is 0.321. The van der Waals surface area contributed by atoms with E-state index in [9.17, 15) is 4.39 Å². The summed E-state index contributed by atoms with van der Waals surface area (Å²) in [4.78, 5) is 4.26. The second-order valence-corrected chi connectivity index (χ2v) is 4.38. The van der Waals surface area contributed by atoms with Gasteiger partial charge in [-0.25, -0.2) is 4.39 Å². The minimum atomic E-state index is -0.321. The van der Waals surface area contributed by atoms with E-state index in [1.165, 1.54) is 6.07 Å². The molecule has 0 saturated carbocycles. The van der Waals surface area contributed by atoms with E-state index in [0.717, 1.165) is 16.5 Å². The predicted octanol–water partition coefficient (Wildman–Crippen LogP) is 4.69. The van der Waals surface area contributed by atoms with Crippen molar-refractivity contribution < 1.29 is 4.39 Å². The molecule has 0 radical (unpaired) electrons. The van der Waals surface area contributed by atoms with Crippen molar-refractivity contribution >= 4 is 22.5 Å². The summed E-state index contributed by atoms with van der Waals surface area (Å²) in [5.74, 6) is -0.321. The van der Waals surface area contributed by atoms with Gasteiger partial charge in [-0.3, -0.25) is 4.98 Å². The zero-order valence-corrected chi connectivity index (χ0v) is 10.2. The smallest absolute Gasteiger partial charge is 0.132 e. The molecule has 0 amide bonds. The highest BCUT2D eigenvalue weighted by Crippen LogP contribution is 2.34. The Morgan fingerprint density at radius 2 is 1.78 bits per heavy atom. The van der Waals surface area contributed by atoms with Gasteiger partial charge in [0.25, 0.3) is 0 Å². The fraction of sp³-hybridized carbons (Fsp3) is 0. The van der Waals surface area contributed by atoms with Gasteiger partial charge in [0.2, 0.25) is 0 Å². The summed E-state index contributed by atoms with van der Waals surface area (Å²) in [6, 6.07) is 14.1. The van der Waals surface area contributed by atoms with E-state index in [-0.39, 0.29) is 5.82 Å². The number of benzene rings is 2. The van der Waals surface area contributed by atoms with Crippen molar-refractivity contribution in [3.63, 3.8) is 0 Å². The topological polar surface area (TPSA) is 12.9 Å². The number of fused-ring (bicyclic) bond motifs is 1. The number of nitrogens with zero attached hydrogens (tertiary/aromatic N) is 1. The first-order valence-electron chi connectivity index (χ1n) is 5.55. The van der Waals surface area contributed by atoms with Crippen LogP contribution >= 0.6 is 11.6 Å². The van der Waals surface area contributed by atoms with Crippen LogP contribution in [0, 0.1) is 5.82 Å². The predicted molar refractivity (Wildman–Crippen MR) is 72.1 cm³/mol. The second kappa shape index (κ2) is 4.39. The maximum absolute atomic E-state index is 14.0. The molecular formula is C15H9ClFN. The van der Waals surface area contributed by atoms with Crippen LogP contribution in [-0.2, 0) is 0 Å². The summed E-state index contributed by atoms with van der Waals surface area (Å²) in [5, 5.41) is 1.30. The van der Waals surface area contributed by atoms with Gasteiger partial charge in [0.05, 0.1) is 10.5 Å². The van der Waals surface area contributed by atoms with Crippen LogP contribution in [0.2, 0.25) is 5.02 Å². The number of rotatable bonds is 1. The summed E-state index contributed by atoms with van der Waals surface area (Å²) in [6.45, 7) is 0. The van der Waals surface area contributed by atoms with E-state index < -0.39 is 0 Å². The van der Waals surface area contributed by atoms with Crippen molar-refractivity contribution in [2.75, 3.05) is 0 Å². The van der Waals surface area contributed by atoms with Gasteiger partial charge < -0.3 is 0 Å². The molecule has 0 fully saturated rings. The second-order valence-electron chi connectivity index (χ2n) is 3.97. The van der Waals surface area contributed by atoms with Gasteiger partial charge in [0.15, 0.2) is 0 Å². The van der Waals surface area contributed by atoms with Gasteiger partial charge in [0.1, 0.15) is 5.82 Å². The minimum Gasteiger partial charge on any atom is -0.256 e. The Kier molecular flexibility index (Phi) is 2.73. The van der Waals surface area contributed by atoms with Crippen molar-refractivity contribution in [2.45, 2.75) is 0 Å². The fourth-order valence-electron chi connectivity index (χ4n) is 2.08. The lowest BCUT2D eigenvalue weighted by Gasteiger charge is -2.09. The van der Waals surface area contributed by atoms with E-state index in [1.54, 1.807) is 18.3 Å². The highest BCUT2D eigenvalue weighted by Gasteiger charge is 2.12. The highest BCUT2D eigenvalue weighted by atomic mass is 35.5. The largest absolute Gasteiger partial charge is 0.256 e. The average Bonchev–Trinajstić information content (AvgIpc) is 2.39. The zero-order valence-electron chi connectivity index (χ0n) is 9.40. The highest BCUT2D eigenvalue weighted by molar-refractivity contribution is 6.33. The summed E-state index contributed by atoms with van der Waals surface area (Å²) in [6.07, 6.45) is 1.72. The molecule has 3 aromatic rings. The summed E-state index contributed by atoms with van der Waals surface area (Å²) in [7, 11) is 0. The molecule has 0 atom stereocenters. The molecule has 1 heterocycles. The molecule has 0 bridgehead atoms. The standard InChI is InChI=1S/C15H9ClFN/c16-12-6-2-7-13(17)15(12)11-4-1-8-14-10(11)5-3-9-18-14/h1-9H. The van der Waals surface area contributed by atoms with Gasteiger partial charge in [-0.2, -0.15) is 0 Å². The van der Waals surface area contributed by atoms with Gasteiger partial charge in [0, 0.05) is 17.1 Å². The average molecular weight is 258 g/mol. The Hall–Kier alpha value is -1.93. The molecule has 0 aliphatic rings. The first-order chi connectivity index (χ1) is 8.77. The van der Waals surface area contributed by atoms with E-state index in [2.05, 4.69) is 4.98 Å². The molecule has 0 spiro atoms. The van der Waals surface area contributed by atoms with Crippen LogP contribution in [0.1, 0.15) is 0 Å². The monoisotopic (exact) mass is 257 g/mol. The lowest BCUT2D eigenvalue weighted by molar-refractivity contribution is 0.631. The molecule has 1 aromatic heterocycles. The molecule has 1 nitrogen and oxygen atoms in total. The van der Waals surface area contributed by atoms with Crippen molar-refractivity contribution in [1.29, 1.82) is 0 Å². The Morgan fingerprint density at radius 3 is 2.61 bits per heavy atom. The molecule has 3 heteroatoms. The van der Waals surface area contributed by atoms with Crippen LogP contribution in [0.4, 0.5) is 4.39 Å². The van der Waals surface area contributed by atoms with Crippen molar-refractivity contribution in [2.24, 2.45) is 0 Å². The van der Waals surface area contributed by atoms with Gasteiger partial charge >= 0.3 is 0 Å². The van der Waals surface area contributed by atoms with Crippen molar-refractivity contribution in [3.8, 4) is 11.1 Å². The first-order valence-corrected chi connectivity index (χ1v) is 5.93. The first kappa shape index (κ1) is 11.2. The molecule has 0 saturated heterocycles. The van der Waals surface area contributed by atoms with Crippen molar-refractivity contribution in [3.05, 3.63) is 65.6 Å². The van der Waals surface area contributed by atoms with Crippen LogP contribution in [0.3, 0.4) is 0 Å². The third-order valence-electron chi connectivity index (χ3n) is 2.88. The maximum Gasteiger partial charge on any atom is 0.132 e. The molecule has 0 N–H and O–H groups in total. The summed E-state index contributed by atoms with van der Waals surface area (Å²) < 4.78 is 14.0. The van der Waals surface area contributed by atoms with Crippen molar-refractivity contribution in [1.82, 2.24) is 4.98 Å². The fourth-order valence-corrected chi connectivity index (χ4v) is 2.34. The lowest BCUT2D eigenvalue weighted by Crippen LogP contribution is -1.88. The summed E-state index contributed by atoms with van der Waals surface area (Å²) >= 11 is 6.10. The molecule has 0 aliphatic carbocycles. The van der Waals surface area contributed by atoms with E-state index in [4.69, 9.17) is 11.6 Å². The van der Waals surface area contributed by atoms with Gasteiger partial charge in [-0.1, -0.05) is 35.9 Å². The Morgan fingerprint density at radius 1 is 0.944 bits per heavy atom. The zero-order chi connectivity index (χ0) is 12.5.